The molecule has 7 nitrogen and oxygen atoms in total. The number of carbonyl (C=O) groups excluding carboxylic acids is 1. The highest BCUT2D eigenvalue weighted by Gasteiger charge is 2.33. The van der Waals surface area contributed by atoms with Crippen molar-refractivity contribution < 1.29 is 14.3 Å². The number of hydrogen-bond donors (Lipinski definition) is 1. The van der Waals surface area contributed by atoms with E-state index in [-0.39, 0.29) is 12.1 Å². The first-order valence-electron chi connectivity index (χ1n) is 14.4. The number of anilines is 2. The van der Waals surface area contributed by atoms with E-state index in [1.165, 1.54) is 11.1 Å². The highest BCUT2D eigenvalue weighted by atomic mass is 16.6. The lowest BCUT2D eigenvalue weighted by atomic mass is 9.95. The van der Waals surface area contributed by atoms with Gasteiger partial charge >= 0.3 is 6.03 Å². The molecule has 6 rings (SSSR count). The molecular weight excluding hydrogens is 500 g/mol. The Balaban J connectivity index is 1.06. The number of rotatable bonds is 6. The Morgan fingerprint density at radius 1 is 0.975 bits per heavy atom. The minimum atomic E-state index is -0.0643. The summed E-state index contributed by atoms with van der Waals surface area (Å²) in [7, 11) is 0. The van der Waals surface area contributed by atoms with E-state index in [9.17, 15) is 4.79 Å². The highest BCUT2D eigenvalue weighted by molar-refractivity contribution is 6.03. The molecule has 3 aliphatic heterocycles. The van der Waals surface area contributed by atoms with Gasteiger partial charge in [-0.3, -0.25) is 9.80 Å². The molecule has 1 N–H and O–H groups in total. The van der Waals surface area contributed by atoms with Crippen LogP contribution in [-0.4, -0.2) is 54.6 Å². The van der Waals surface area contributed by atoms with Gasteiger partial charge in [0.25, 0.3) is 0 Å². The molecule has 0 radical (unpaired) electrons. The van der Waals surface area contributed by atoms with Crippen molar-refractivity contribution in [2.75, 3.05) is 42.9 Å². The van der Waals surface area contributed by atoms with Crippen molar-refractivity contribution in [1.82, 2.24) is 9.80 Å². The molecule has 1 saturated heterocycles. The molecular formula is C33H38N4O3. The van der Waals surface area contributed by atoms with Gasteiger partial charge in [-0.25, -0.2) is 4.79 Å². The van der Waals surface area contributed by atoms with Gasteiger partial charge in [-0.15, -0.1) is 0 Å². The van der Waals surface area contributed by atoms with E-state index in [0.29, 0.717) is 0 Å². The third-order valence-corrected chi connectivity index (χ3v) is 8.25. The van der Waals surface area contributed by atoms with Crippen molar-refractivity contribution in [3.63, 3.8) is 0 Å². The summed E-state index contributed by atoms with van der Waals surface area (Å²) in [6.45, 7) is 6.38. The van der Waals surface area contributed by atoms with Crippen LogP contribution in [0.25, 0.3) is 0 Å². The lowest BCUT2D eigenvalue weighted by Gasteiger charge is -2.42. The van der Waals surface area contributed by atoms with Crippen molar-refractivity contribution in [1.29, 1.82) is 0 Å². The van der Waals surface area contributed by atoms with Crippen LogP contribution in [-0.2, 0) is 15.9 Å². The van der Waals surface area contributed by atoms with E-state index in [4.69, 9.17) is 9.47 Å². The highest BCUT2D eigenvalue weighted by Crippen LogP contribution is 2.32. The van der Waals surface area contributed by atoms with Crippen LogP contribution in [0.4, 0.5) is 16.2 Å². The molecule has 208 valence electrons. The molecule has 2 aromatic rings. The minimum absolute atomic E-state index is 0.0643. The van der Waals surface area contributed by atoms with Crippen molar-refractivity contribution in [2.45, 2.75) is 45.1 Å². The number of benzene rings is 2. The molecule has 1 unspecified atom stereocenters. The maximum Gasteiger partial charge on any atom is 0.326 e. The summed E-state index contributed by atoms with van der Waals surface area (Å²) in [6, 6.07) is 16.3. The molecule has 1 atom stereocenters. The van der Waals surface area contributed by atoms with Gasteiger partial charge in [0, 0.05) is 50.5 Å². The Morgan fingerprint density at radius 2 is 1.80 bits per heavy atom. The zero-order valence-electron chi connectivity index (χ0n) is 23.2. The Bertz CT molecular complexity index is 1350. The fourth-order valence-corrected chi connectivity index (χ4v) is 5.95. The number of nitrogens with one attached hydrogen (secondary N) is 1. The molecule has 1 fully saturated rings. The SMILES string of the molecule is Cc1ccccc1NC(=O)N1c2ccccc2CCC1CN1CCN(C2=COC(CC3=CC=CCC3)=CO2)CC1. The average molecular weight is 539 g/mol. The maximum atomic E-state index is 13.7. The van der Waals surface area contributed by atoms with Gasteiger partial charge in [-0.05, 0) is 55.9 Å². The Hall–Kier alpha value is -3.97. The van der Waals surface area contributed by atoms with Crippen LogP contribution in [0.15, 0.2) is 96.5 Å². The normalized spacial score (nSPS) is 20.9. The number of para-hydroxylation sites is 2. The molecule has 1 aliphatic carbocycles. The van der Waals surface area contributed by atoms with E-state index < -0.39 is 0 Å². The second-order valence-corrected chi connectivity index (χ2v) is 11.0. The van der Waals surface area contributed by atoms with E-state index in [0.717, 1.165) is 93.4 Å². The third kappa shape index (κ3) is 5.94. The maximum absolute atomic E-state index is 13.7. The number of hydrogen-bond acceptors (Lipinski definition) is 5. The summed E-state index contributed by atoms with van der Waals surface area (Å²) >= 11 is 0. The number of carbonyl (C=O) groups is 1. The average Bonchev–Trinajstić information content (AvgIpc) is 2.99. The minimum Gasteiger partial charge on any atom is -0.460 e. The first kappa shape index (κ1) is 26.3. The summed E-state index contributed by atoms with van der Waals surface area (Å²) in [6.07, 6.45) is 14.9. The van der Waals surface area contributed by atoms with Crippen LogP contribution in [0.5, 0.6) is 0 Å². The molecule has 40 heavy (non-hydrogen) atoms. The lowest BCUT2D eigenvalue weighted by molar-refractivity contribution is 0.0799. The van der Waals surface area contributed by atoms with Crippen molar-refractivity contribution in [3.8, 4) is 0 Å². The summed E-state index contributed by atoms with van der Waals surface area (Å²) in [5, 5.41) is 3.18. The van der Waals surface area contributed by atoms with Crippen LogP contribution in [0, 0.1) is 6.92 Å². The number of aryl methyl sites for hydroxylation is 2. The zero-order chi connectivity index (χ0) is 27.3. The van der Waals surface area contributed by atoms with Crippen molar-refractivity contribution in [2.24, 2.45) is 0 Å². The topological polar surface area (TPSA) is 57.3 Å². The molecule has 4 aliphatic rings. The van der Waals surface area contributed by atoms with Gasteiger partial charge in [-0.2, -0.15) is 0 Å². The molecule has 2 amide bonds. The van der Waals surface area contributed by atoms with Gasteiger partial charge in [0.1, 0.15) is 12.0 Å². The van der Waals surface area contributed by atoms with E-state index in [2.05, 4.69) is 51.5 Å². The van der Waals surface area contributed by atoms with Crippen LogP contribution in [0.3, 0.4) is 0 Å². The molecule has 2 aromatic carbocycles. The molecule has 7 heteroatoms. The molecule has 0 aromatic heterocycles. The largest absolute Gasteiger partial charge is 0.460 e. The quantitative estimate of drug-likeness (QED) is 0.467. The number of ether oxygens (including phenoxy) is 2. The summed E-state index contributed by atoms with van der Waals surface area (Å²) in [4.78, 5) is 20.4. The Labute approximate surface area is 237 Å². The van der Waals surface area contributed by atoms with Crippen molar-refractivity contribution >= 4 is 17.4 Å². The fourth-order valence-electron chi connectivity index (χ4n) is 5.95. The number of allylic oxidation sites excluding steroid dienone is 4. The van der Waals surface area contributed by atoms with E-state index >= 15 is 0 Å². The first-order valence-corrected chi connectivity index (χ1v) is 14.4. The zero-order valence-corrected chi connectivity index (χ0v) is 23.2. The van der Waals surface area contributed by atoms with Crippen LogP contribution >= 0.6 is 0 Å². The van der Waals surface area contributed by atoms with Gasteiger partial charge in [0.2, 0.25) is 5.88 Å². The number of fused-ring (bicyclic) bond motifs is 1. The number of urea groups is 1. The summed E-state index contributed by atoms with van der Waals surface area (Å²) in [5.74, 6) is 1.62. The second kappa shape index (κ2) is 12.0. The third-order valence-electron chi connectivity index (χ3n) is 8.25. The molecule has 0 bridgehead atoms. The van der Waals surface area contributed by atoms with E-state index in [1.807, 2.05) is 42.2 Å². The Kier molecular flexibility index (Phi) is 7.91. The van der Waals surface area contributed by atoms with Gasteiger partial charge < -0.3 is 19.7 Å². The predicted octanol–water partition coefficient (Wildman–Crippen LogP) is 6.32. The van der Waals surface area contributed by atoms with Crippen LogP contribution < -0.4 is 10.2 Å². The predicted molar refractivity (Wildman–Crippen MR) is 159 cm³/mol. The standard InChI is InChI=1S/C33H38N4O3/c1-25-9-5-7-13-30(25)34-33(38)37-28(16-15-27-12-6-8-14-31(27)37)22-35-17-19-36(20-18-35)32-24-39-29(23-40-32)21-26-10-3-2-4-11-26/h2-3,5-10,12-14,23-24,28H,4,11,15-22H2,1H3,(H,34,38). The van der Waals surface area contributed by atoms with Crippen molar-refractivity contribution in [3.05, 3.63) is 108 Å². The number of amides is 2. The Morgan fingerprint density at radius 3 is 2.58 bits per heavy atom. The molecule has 0 spiro atoms. The fraction of sp³-hybridized carbons (Fsp3) is 0.364. The van der Waals surface area contributed by atoms with Crippen LogP contribution in [0.1, 0.15) is 36.8 Å². The summed E-state index contributed by atoms with van der Waals surface area (Å²) in [5.41, 5.74) is 5.53. The summed E-state index contributed by atoms with van der Waals surface area (Å²) < 4.78 is 11.9. The van der Waals surface area contributed by atoms with Gasteiger partial charge in [0.05, 0.1) is 6.04 Å². The molecule has 3 heterocycles. The second-order valence-electron chi connectivity index (χ2n) is 11.0. The van der Waals surface area contributed by atoms with E-state index in [1.54, 1.807) is 12.5 Å². The van der Waals surface area contributed by atoms with Crippen LogP contribution in [0.2, 0.25) is 0 Å². The van der Waals surface area contributed by atoms with Gasteiger partial charge in [-0.1, -0.05) is 60.2 Å². The monoisotopic (exact) mass is 538 g/mol. The first-order chi connectivity index (χ1) is 19.6. The lowest BCUT2D eigenvalue weighted by Crippen LogP contribution is -2.54. The number of nitrogens with zero attached hydrogens (tertiary/aromatic N) is 3. The van der Waals surface area contributed by atoms with Gasteiger partial charge in [0.15, 0.2) is 6.26 Å². The molecule has 0 saturated carbocycles. The number of piperazine rings is 1. The smallest absolute Gasteiger partial charge is 0.326 e.